The molecule has 1 atom stereocenters. The number of hydrogen-bond donors (Lipinski definition) is 0. The highest BCUT2D eigenvalue weighted by Crippen LogP contribution is 2.21. The van der Waals surface area contributed by atoms with Crippen molar-refractivity contribution in [2.75, 3.05) is 31.1 Å². The van der Waals surface area contributed by atoms with Crippen LogP contribution in [-0.4, -0.2) is 37.1 Å². The lowest BCUT2D eigenvalue weighted by Gasteiger charge is -2.39. The highest BCUT2D eigenvalue weighted by atomic mass is 35.5. The van der Waals surface area contributed by atoms with Gasteiger partial charge in [-0.1, -0.05) is 48.0 Å². The Balaban J connectivity index is 1.48. The van der Waals surface area contributed by atoms with E-state index in [2.05, 4.69) is 59.2 Å². The van der Waals surface area contributed by atoms with Gasteiger partial charge < -0.3 is 4.90 Å². The molecule has 0 aliphatic carbocycles. The largest absolute Gasteiger partial charge is 0.369 e. The quantitative estimate of drug-likeness (QED) is 0.798. The Morgan fingerprint density at radius 2 is 1.70 bits per heavy atom. The van der Waals surface area contributed by atoms with E-state index >= 15 is 0 Å². The molecule has 0 spiro atoms. The van der Waals surface area contributed by atoms with E-state index in [1.807, 2.05) is 12.1 Å². The Hall–Kier alpha value is -1.51. The Labute approximate surface area is 144 Å². The Morgan fingerprint density at radius 3 is 2.39 bits per heavy atom. The second-order valence-corrected chi connectivity index (χ2v) is 6.81. The summed E-state index contributed by atoms with van der Waals surface area (Å²) >= 11 is 6.11. The normalized spacial score (nSPS) is 17.2. The van der Waals surface area contributed by atoms with Crippen LogP contribution in [0.1, 0.15) is 18.9 Å². The molecule has 1 saturated heterocycles. The van der Waals surface area contributed by atoms with Crippen LogP contribution < -0.4 is 4.90 Å². The van der Waals surface area contributed by atoms with Gasteiger partial charge in [0.25, 0.3) is 0 Å². The molecule has 3 heteroatoms. The van der Waals surface area contributed by atoms with E-state index in [9.17, 15) is 0 Å². The predicted molar refractivity (Wildman–Crippen MR) is 99.5 cm³/mol. The van der Waals surface area contributed by atoms with Crippen LogP contribution >= 0.6 is 11.6 Å². The van der Waals surface area contributed by atoms with Gasteiger partial charge in [0.2, 0.25) is 0 Å². The fourth-order valence-electron chi connectivity index (χ4n) is 3.30. The van der Waals surface area contributed by atoms with Crippen LogP contribution in [0.25, 0.3) is 0 Å². The summed E-state index contributed by atoms with van der Waals surface area (Å²) in [5.41, 5.74) is 2.69. The number of piperazine rings is 1. The van der Waals surface area contributed by atoms with Crippen LogP contribution in [0.4, 0.5) is 5.69 Å². The molecule has 1 fully saturated rings. The Bertz CT molecular complexity index is 606. The second kappa shape index (κ2) is 7.85. The zero-order valence-corrected chi connectivity index (χ0v) is 14.5. The zero-order valence-electron chi connectivity index (χ0n) is 13.8. The van der Waals surface area contributed by atoms with Gasteiger partial charge in [0, 0.05) is 42.9 Å². The maximum absolute atomic E-state index is 6.11. The van der Waals surface area contributed by atoms with Gasteiger partial charge >= 0.3 is 0 Å². The van der Waals surface area contributed by atoms with Crippen LogP contribution in [0.15, 0.2) is 54.6 Å². The number of hydrogen-bond acceptors (Lipinski definition) is 2. The van der Waals surface area contributed by atoms with Gasteiger partial charge in [0.15, 0.2) is 0 Å². The van der Waals surface area contributed by atoms with Gasteiger partial charge in [-0.05, 0) is 43.5 Å². The first-order valence-corrected chi connectivity index (χ1v) is 8.88. The molecule has 2 aromatic carbocycles. The fourth-order valence-corrected chi connectivity index (χ4v) is 3.48. The molecule has 23 heavy (non-hydrogen) atoms. The average Bonchev–Trinajstić information content (AvgIpc) is 2.61. The summed E-state index contributed by atoms with van der Waals surface area (Å²) in [5, 5.41) is 0.821. The van der Waals surface area contributed by atoms with Crippen LogP contribution in [-0.2, 0) is 6.42 Å². The minimum atomic E-state index is 0.636. The van der Waals surface area contributed by atoms with E-state index in [0.717, 1.165) is 37.6 Å². The second-order valence-electron chi connectivity index (χ2n) is 6.38. The summed E-state index contributed by atoms with van der Waals surface area (Å²) < 4.78 is 0. The first kappa shape index (κ1) is 16.4. The average molecular weight is 329 g/mol. The number of nitrogens with zero attached hydrogens (tertiary/aromatic N) is 2. The number of halogens is 1. The highest BCUT2D eigenvalue weighted by molar-refractivity contribution is 6.30. The summed E-state index contributed by atoms with van der Waals surface area (Å²) in [5.74, 6) is 0. The first-order valence-electron chi connectivity index (χ1n) is 8.51. The van der Waals surface area contributed by atoms with Crippen LogP contribution in [0.2, 0.25) is 5.02 Å². The van der Waals surface area contributed by atoms with Crippen molar-refractivity contribution in [3.05, 3.63) is 65.2 Å². The van der Waals surface area contributed by atoms with Gasteiger partial charge in [0.05, 0.1) is 0 Å². The van der Waals surface area contributed by atoms with Crippen molar-refractivity contribution >= 4 is 17.3 Å². The summed E-state index contributed by atoms with van der Waals surface area (Å²) in [6, 6.07) is 19.6. The molecule has 3 rings (SSSR count). The lowest BCUT2D eigenvalue weighted by atomic mass is 10.0. The molecule has 0 saturated carbocycles. The minimum Gasteiger partial charge on any atom is -0.369 e. The molecule has 2 nitrogen and oxygen atoms in total. The Kier molecular flexibility index (Phi) is 5.58. The van der Waals surface area contributed by atoms with E-state index in [-0.39, 0.29) is 0 Å². The number of aryl methyl sites for hydroxylation is 1. The molecule has 122 valence electrons. The lowest BCUT2D eigenvalue weighted by Crippen LogP contribution is -2.49. The van der Waals surface area contributed by atoms with Crippen molar-refractivity contribution in [1.29, 1.82) is 0 Å². The smallest absolute Gasteiger partial charge is 0.0426 e. The van der Waals surface area contributed by atoms with E-state index in [0.29, 0.717) is 6.04 Å². The molecule has 0 N–H and O–H groups in total. The van der Waals surface area contributed by atoms with Crippen molar-refractivity contribution in [3.8, 4) is 0 Å². The van der Waals surface area contributed by atoms with E-state index < -0.39 is 0 Å². The number of benzene rings is 2. The topological polar surface area (TPSA) is 6.48 Å². The minimum absolute atomic E-state index is 0.636. The van der Waals surface area contributed by atoms with Crippen molar-refractivity contribution in [2.24, 2.45) is 0 Å². The van der Waals surface area contributed by atoms with Crippen molar-refractivity contribution in [2.45, 2.75) is 25.8 Å². The maximum Gasteiger partial charge on any atom is 0.0426 e. The third-order valence-corrected chi connectivity index (χ3v) is 5.04. The monoisotopic (exact) mass is 328 g/mol. The maximum atomic E-state index is 6.11. The fraction of sp³-hybridized carbons (Fsp3) is 0.400. The summed E-state index contributed by atoms with van der Waals surface area (Å²) in [7, 11) is 0. The van der Waals surface area contributed by atoms with E-state index in [4.69, 9.17) is 11.6 Å². The van der Waals surface area contributed by atoms with Crippen LogP contribution in [0, 0.1) is 0 Å². The molecule has 0 amide bonds. The molecule has 1 aliphatic heterocycles. The van der Waals surface area contributed by atoms with Gasteiger partial charge in [0.1, 0.15) is 0 Å². The Morgan fingerprint density at radius 1 is 0.957 bits per heavy atom. The number of rotatable bonds is 5. The molecular weight excluding hydrogens is 304 g/mol. The van der Waals surface area contributed by atoms with E-state index in [1.165, 1.54) is 17.7 Å². The molecule has 1 aliphatic rings. The molecule has 2 aromatic rings. The van der Waals surface area contributed by atoms with Gasteiger partial charge in [-0.3, -0.25) is 4.90 Å². The van der Waals surface area contributed by atoms with Gasteiger partial charge in [-0.15, -0.1) is 0 Å². The molecule has 1 unspecified atom stereocenters. The third-order valence-electron chi connectivity index (χ3n) is 4.80. The summed E-state index contributed by atoms with van der Waals surface area (Å²) in [4.78, 5) is 5.05. The predicted octanol–water partition coefficient (Wildman–Crippen LogP) is 4.48. The molecule has 0 radical (unpaired) electrons. The molecule has 0 bridgehead atoms. The van der Waals surface area contributed by atoms with Crippen LogP contribution in [0.3, 0.4) is 0 Å². The van der Waals surface area contributed by atoms with Crippen molar-refractivity contribution in [1.82, 2.24) is 4.90 Å². The SMILES string of the molecule is CC(CCc1ccccc1)N1CCN(c2cccc(Cl)c2)CC1. The highest BCUT2D eigenvalue weighted by Gasteiger charge is 2.21. The van der Waals surface area contributed by atoms with E-state index in [1.54, 1.807) is 0 Å². The van der Waals surface area contributed by atoms with Gasteiger partial charge in [-0.25, -0.2) is 0 Å². The standard InChI is InChI=1S/C20H25ClN2/c1-17(10-11-18-6-3-2-4-7-18)22-12-14-23(15-13-22)20-9-5-8-19(21)16-20/h2-9,16-17H,10-15H2,1H3. The lowest BCUT2D eigenvalue weighted by molar-refractivity contribution is 0.189. The molecule has 1 heterocycles. The van der Waals surface area contributed by atoms with Crippen molar-refractivity contribution < 1.29 is 0 Å². The first-order chi connectivity index (χ1) is 11.2. The van der Waals surface area contributed by atoms with Crippen LogP contribution in [0.5, 0.6) is 0 Å². The van der Waals surface area contributed by atoms with Gasteiger partial charge in [-0.2, -0.15) is 0 Å². The number of anilines is 1. The zero-order chi connectivity index (χ0) is 16.1. The van der Waals surface area contributed by atoms with Crippen molar-refractivity contribution in [3.63, 3.8) is 0 Å². The molecule has 0 aromatic heterocycles. The summed E-state index contributed by atoms with van der Waals surface area (Å²) in [6.45, 7) is 6.77. The molecular formula is C20H25ClN2. The third kappa shape index (κ3) is 4.49. The summed E-state index contributed by atoms with van der Waals surface area (Å²) in [6.07, 6.45) is 2.39.